The van der Waals surface area contributed by atoms with Crippen LogP contribution in [0.15, 0.2) is 29.2 Å². The molecule has 0 unspecified atom stereocenters. The van der Waals surface area contributed by atoms with E-state index in [-0.39, 0.29) is 0 Å². The van der Waals surface area contributed by atoms with Gasteiger partial charge in [-0.05, 0) is 25.0 Å². The van der Waals surface area contributed by atoms with E-state index in [1.807, 2.05) is 23.9 Å². The third-order valence-corrected chi connectivity index (χ3v) is 4.77. The normalized spacial score (nSPS) is 17.1. The second kappa shape index (κ2) is 8.49. The first-order chi connectivity index (χ1) is 9.40. The first kappa shape index (κ1) is 14.7. The number of para-hydroxylation sites is 1. The number of hydrogen-bond acceptors (Lipinski definition) is 3. The number of rotatable bonds is 6. The van der Waals surface area contributed by atoms with Crippen LogP contribution in [0.3, 0.4) is 0 Å². The smallest absolute Gasteiger partial charge is 0.132 e. The van der Waals surface area contributed by atoms with Crippen LogP contribution in [0.1, 0.15) is 38.5 Å². The topological polar surface area (TPSA) is 21.3 Å². The lowest BCUT2D eigenvalue weighted by Gasteiger charge is -2.16. The van der Waals surface area contributed by atoms with E-state index in [0.29, 0.717) is 0 Å². The molecule has 1 N–H and O–H groups in total. The van der Waals surface area contributed by atoms with Gasteiger partial charge in [-0.2, -0.15) is 0 Å². The van der Waals surface area contributed by atoms with Crippen molar-refractivity contribution in [3.8, 4) is 5.75 Å². The van der Waals surface area contributed by atoms with E-state index >= 15 is 0 Å². The van der Waals surface area contributed by atoms with E-state index in [9.17, 15) is 0 Å². The molecule has 0 saturated heterocycles. The molecule has 2 rings (SSSR count). The minimum Gasteiger partial charge on any atom is -0.496 e. The predicted molar refractivity (Wildman–Crippen MR) is 83.2 cm³/mol. The summed E-state index contributed by atoms with van der Waals surface area (Å²) in [6.45, 7) is 1.09. The molecule has 1 aromatic carbocycles. The van der Waals surface area contributed by atoms with E-state index in [2.05, 4.69) is 17.4 Å². The first-order valence-corrected chi connectivity index (χ1v) is 8.38. The van der Waals surface area contributed by atoms with E-state index in [1.54, 1.807) is 7.11 Å². The van der Waals surface area contributed by atoms with Gasteiger partial charge < -0.3 is 10.1 Å². The fourth-order valence-electron chi connectivity index (χ4n) is 2.65. The molecular formula is C16H25NOS. The monoisotopic (exact) mass is 279 g/mol. The molecule has 19 heavy (non-hydrogen) atoms. The molecule has 0 atom stereocenters. The molecule has 3 heteroatoms. The quantitative estimate of drug-likeness (QED) is 0.481. The Labute approximate surface area is 121 Å². The average molecular weight is 279 g/mol. The molecule has 1 saturated carbocycles. The van der Waals surface area contributed by atoms with Crippen molar-refractivity contribution in [1.82, 2.24) is 5.32 Å². The molecule has 2 nitrogen and oxygen atoms in total. The van der Waals surface area contributed by atoms with Crippen LogP contribution in [0.4, 0.5) is 0 Å². The molecule has 1 aromatic rings. The minimum atomic E-state index is 0.751. The summed E-state index contributed by atoms with van der Waals surface area (Å²) >= 11 is 1.88. The zero-order valence-corrected chi connectivity index (χ0v) is 12.7. The van der Waals surface area contributed by atoms with Gasteiger partial charge in [0.25, 0.3) is 0 Å². The van der Waals surface area contributed by atoms with Crippen molar-refractivity contribution in [1.29, 1.82) is 0 Å². The number of hydrogen-bond donors (Lipinski definition) is 1. The van der Waals surface area contributed by atoms with Gasteiger partial charge in [-0.3, -0.25) is 0 Å². The highest BCUT2D eigenvalue weighted by Gasteiger charge is 2.11. The van der Waals surface area contributed by atoms with Gasteiger partial charge in [0.05, 0.1) is 7.11 Å². The number of thioether (sulfide) groups is 1. The Morgan fingerprint density at radius 1 is 1.16 bits per heavy atom. The Hall–Kier alpha value is -0.670. The van der Waals surface area contributed by atoms with Crippen LogP contribution in [-0.2, 0) is 0 Å². The minimum absolute atomic E-state index is 0.751. The Morgan fingerprint density at radius 2 is 1.89 bits per heavy atom. The van der Waals surface area contributed by atoms with E-state index < -0.39 is 0 Å². The summed E-state index contributed by atoms with van der Waals surface area (Å²) in [7, 11) is 1.74. The highest BCUT2D eigenvalue weighted by molar-refractivity contribution is 7.99. The Bertz CT molecular complexity index is 362. The number of methoxy groups -OCH3 is 1. The molecular weight excluding hydrogens is 254 g/mol. The summed E-state index contributed by atoms with van der Waals surface area (Å²) in [5.41, 5.74) is 0. The van der Waals surface area contributed by atoms with Crippen molar-refractivity contribution in [2.75, 3.05) is 19.4 Å². The van der Waals surface area contributed by atoms with Crippen LogP contribution >= 0.6 is 11.8 Å². The van der Waals surface area contributed by atoms with E-state index in [4.69, 9.17) is 4.74 Å². The Kier molecular flexibility index (Phi) is 6.58. The number of nitrogens with one attached hydrogen (secondary N) is 1. The van der Waals surface area contributed by atoms with Crippen molar-refractivity contribution in [3.05, 3.63) is 24.3 Å². The zero-order valence-electron chi connectivity index (χ0n) is 11.9. The molecule has 0 spiro atoms. The lowest BCUT2D eigenvalue weighted by atomic mass is 10.1. The van der Waals surface area contributed by atoms with Crippen LogP contribution in [-0.4, -0.2) is 25.4 Å². The van der Waals surface area contributed by atoms with E-state index in [0.717, 1.165) is 24.1 Å². The van der Waals surface area contributed by atoms with Crippen molar-refractivity contribution in [2.24, 2.45) is 0 Å². The summed E-state index contributed by atoms with van der Waals surface area (Å²) in [5, 5.41) is 3.71. The molecule has 0 radical (unpaired) electrons. The third kappa shape index (κ3) is 5.07. The molecule has 1 aliphatic carbocycles. The molecule has 0 amide bonds. The highest BCUT2D eigenvalue weighted by Crippen LogP contribution is 2.28. The van der Waals surface area contributed by atoms with Gasteiger partial charge in [-0.25, -0.2) is 0 Å². The lowest BCUT2D eigenvalue weighted by molar-refractivity contribution is 0.405. The van der Waals surface area contributed by atoms with Crippen LogP contribution < -0.4 is 10.1 Å². The van der Waals surface area contributed by atoms with Crippen molar-refractivity contribution in [2.45, 2.75) is 49.5 Å². The lowest BCUT2D eigenvalue weighted by Crippen LogP contribution is -2.30. The third-order valence-electron chi connectivity index (χ3n) is 3.72. The predicted octanol–water partition coefficient (Wildman–Crippen LogP) is 4.10. The van der Waals surface area contributed by atoms with Gasteiger partial charge in [0.1, 0.15) is 5.75 Å². The van der Waals surface area contributed by atoms with Gasteiger partial charge in [-0.15, -0.1) is 11.8 Å². The van der Waals surface area contributed by atoms with Crippen LogP contribution in [0.2, 0.25) is 0 Å². The molecule has 0 bridgehead atoms. The second-order valence-corrected chi connectivity index (χ2v) is 6.28. The second-order valence-electron chi connectivity index (χ2n) is 5.14. The summed E-state index contributed by atoms with van der Waals surface area (Å²) in [6, 6.07) is 9.01. The Balaban J connectivity index is 1.68. The summed E-state index contributed by atoms with van der Waals surface area (Å²) in [5.74, 6) is 2.10. The molecule has 0 heterocycles. The molecule has 106 valence electrons. The molecule has 1 fully saturated rings. The standard InChI is InChI=1S/C16H25NOS/c1-18-15-10-6-7-11-16(15)19-13-12-17-14-8-4-2-3-5-9-14/h6-7,10-11,14,17H,2-5,8-9,12-13H2,1H3. The highest BCUT2D eigenvalue weighted by atomic mass is 32.2. The first-order valence-electron chi connectivity index (χ1n) is 7.39. The SMILES string of the molecule is COc1ccccc1SCCNC1CCCCCC1. The zero-order chi connectivity index (χ0) is 13.3. The molecule has 0 aromatic heterocycles. The van der Waals surface area contributed by atoms with Crippen molar-refractivity contribution in [3.63, 3.8) is 0 Å². The fourth-order valence-corrected chi connectivity index (χ4v) is 3.55. The Morgan fingerprint density at radius 3 is 2.63 bits per heavy atom. The van der Waals surface area contributed by atoms with Crippen LogP contribution in [0.25, 0.3) is 0 Å². The summed E-state index contributed by atoms with van der Waals surface area (Å²) in [6.07, 6.45) is 8.37. The molecule has 1 aliphatic rings. The van der Waals surface area contributed by atoms with Gasteiger partial charge in [0.15, 0.2) is 0 Å². The van der Waals surface area contributed by atoms with Gasteiger partial charge in [0.2, 0.25) is 0 Å². The van der Waals surface area contributed by atoms with E-state index in [1.165, 1.54) is 43.4 Å². The van der Waals surface area contributed by atoms with Crippen molar-refractivity contribution < 1.29 is 4.74 Å². The van der Waals surface area contributed by atoms with Gasteiger partial charge in [0, 0.05) is 23.2 Å². The van der Waals surface area contributed by atoms with Gasteiger partial charge in [-0.1, -0.05) is 37.8 Å². The molecule has 0 aliphatic heterocycles. The summed E-state index contributed by atoms with van der Waals surface area (Å²) < 4.78 is 5.37. The number of ether oxygens (including phenoxy) is 1. The average Bonchev–Trinajstić information content (AvgIpc) is 2.72. The number of benzene rings is 1. The van der Waals surface area contributed by atoms with Gasteiger partial charge >= 0.3 is 0 Å². The maximum Gasteiger partial charge on any atom is 0.132 e. The fraction of sp³-hybridized carbons (Fsp3) is 0.625. The maximum absolute atomic E-state index is 5.37. The maximum atomic E-state index is 5.37. The van der Waals surface area contributed by atoms with Crippen LogP contribution in [0.5, 0.6) is 5.75 Å². The largest absolute Gasteiger partial charge is 0.496 e. The van der Waals surface area contributed by atoms with Crippen LogP contribution in [0, 0.1) is 0 Å². The summed E-state index contributed by atoms with van der Waals surface area (Å²) in [4.78, 5) is 1.24. The van der Waals surface area contributed by atoms with Crippen molar-refractivity contribution >= 4 is 11.8 Å².